The standard InChI is InChI=1S/C18H28O2.C18H14OS.C17H20F6O8S2.C13H13F7NO7S3.C13H24O2.C10H14O/c1-4-14(2)16-10-12-18(13-11-16)20-15(3)19-17-8-6-5-7-9-17;19-15-11-13-18(14-12-15)20(16-7-3-1-4-8-16)17-9-5-2-6-10-17;1-4-14(2,3)13(24)30-10-9-11-5-7-12(8-6-11)31-33(28,29)17(22,23)15(18,19)16(20,21)32(25,26)27;1-3-8(2)9-4-6-10(7-5-9)28-31(26,27)12(16,17)11(14,15)29(22,23)21-30(24,25)13(18,19)20;1-5-12(2,3)11(14)15-13(4)9-7-6-8-10-13;1-3-8(2)9-4-6-10(11)7-5-9/h10-15,17H,4-9H2,1-3H3;1-14H;5-8H,4,9-10H2,1-3H3,(H,25,26,27);4-8H,3H2,1-2H3;5-10H2,1-4H3;4-8,11H,3H2,1-2H3/q;;;-1;;. The Bertz CT molecular complexity index is 5230. The zero-order valence-electron chi connectivity index (χ0n) is 74.2. The van der Waals surface area contributed by atoms with E-state index in [1.165, 1.54) is 95.7 Å². The fourth-order valence-corrected chi connectivity index (χ4v) is 18.5. The first kappa shape index (κ1) is 114. The second-order valence-corrected chi connectivity index (χ2v) is 42.3. The van der Waals surface area contributed by atoms with Gasteiger partial charge in [0.05, 0.1) is 34.4 Å². The lowest BCUT2D eigenvalue weighted by atomic mass is 9.85. The SMILES string of the molecule is CCC(C)(C)C(=O)OC1(C)CCCCC1.CCC(C)(C)C(=O)OCCc1ccc(OS(=O)(=O)C(F)(F)C(F)(F)C(F)(F)S(=O)(=O)[O-])cc1.CCC(C)c1ccc(O)cc1.CCC(C)c1ccc(OC(C)OC2CCCCC2)cc1.CCC(C)c1ccc(OS(=O)(=O)C(F)(F)C(F)(F)S(=O)(=O)[N-]S(=O)(=O)C(F)(F)F)cc1.Oc1ccc([S+](c2ccccc2)c2ccccc2)cc1. The largest absolute Gasteiger partial charge is 0.743 e. The summed E-state index contributed by atoms with van der Waals surface area (Å²) in [5.41, 5.74) is -4.20. The van der Waals surface area contributed by atoms with Crippen molar-refractivity contribution in [1.82, 2.24) is 0 Å². The van der Waals surface area contributed by atoms with E-state index in [0.717, 1.165) is 59.8 Å². The topological polar surface area (TPSA) is 338 Å². The molecule has 0 saturated heterocycles. The van der Waals surface area contributed by atoms with E-state index >= 15 is 0 Å². The molecule has 0 bridgehead atoms. The van der Waals surface area contributed by atoms with Crippen LogP contribution in [-0.4, -0.2) is 126 Å². The van der Waals surface area contributed by atoms with Gasteiger partial charge in [-0.05, 0) is 249 Å². The Morgan fingerprint density at radius 1 is 0.462 bits per heavy atom. The van der Waals surface area contributed by atoms with Gasteiger partial charge in [0.2, 0.25) is 0 Å². The molecule has 4 atom stereocenters. The lowest BCUT2D eigenvalue weighted by Crippen LogP contribution is -2.61. The number of carbonyl (C=O) groups is 2. The van der Waals surface area contributed by atoms with Gasteiger partial charge in [-0.25, -0.2) is 25.3 Å². The Hall–Kier alpha value is -8.45. The highest BCUT2D eigenvalue weighted by molar-refractivity contribution is 8.13. The fraction of sp³-hybridized carbons (Fsp3) is 0.506. The molecule has 2 fully saturated rings. The number of alkyl halides is 13. The van der Waals surface area contributed by atoms with Crippen LogP contribution in [0.1, 0.15) is 233 Å². The Morgan fingerprint density at radius 3 is 1.22 bits per heavy atom. The third-order valence-corrected chi connectivity index (χ3v) is 30.3. The van der Waals surface area contributed by atoms with Crippen LogP contribution in [0.4, 0.5) is 57.1 Å². The van der Waals surface area contributed by atoms with Crippen molar-refractivity contribution in [3.63, 3.8) is 0 Å². The quantitative estimate of drug-likeness (QED) is 0.00945. The van der Waals surface area contributed by atoms with Crippen LogP contribution in [0.2, 0.25) is 0 Å². The van der Waals surface area contributed by atoms with E-state index < -0.39 is 106 Å². The van der Waals surface area contributed by atoms with E-state index in [1.807, 2.05) is 64.1 Å². The fourth-order valence-electron chi connectivity index (χ4n) is 11.6. The molecule has 2 aliphatic rings. The molecule has 22 nitrogen and oxygen atoms in total. The van der Waals surface area contributed by atoms with Crippen LogP contribution in [0, 0.1) is 10.8 Å². The second-order valence-electron chi connectivity index (χ2n) is 32.2. The van der Waals surface area contributed by atoms with Gasteiger partial charge >= 0.3 is 64.6 Å². The third kappa shape index (κ3) is 31.6. The normalized spacial score (nSPS) is 15.5. The highest BCUT2D eigenvalue weighted by atomic mass is 32.3. The number of aromatic hydroxyl groups is 2. The van der Waals surface area contributed by atoms with Gasteiger partial charge < -0.3 is 46.2 Å². The summed E-state index contributed by atoms with van der Waals surface area (Å²) in [6.07, 6.45) is 16.6. The number of halogens is 13. The summed E-state index contributed by atoms with van der Waals surface area (Å²) in [5, 5.41) is -8.96. The van der Waals surface area contributed by atoms with Gasteiger partial charge in [0.1, 0.15) is 34.3 Å². The highest BCUT2D eigenvalue weighted by Crippen LogP contribution is 2.52. The lowest BCUT2D eigenvalue weighted by molar-refractivity contribution is -0.247. The van der Waals surface area contributed by atoms with E-state index in [0.29, 0.717) is 65.5 Å². The van der Waals surface area contributed by atoms with E-state index in [9.17, 15) is 118 Å². The Kier molecular flexibility index (Phi) is 42.0. The summed E-state index contributed by atoms with van der Waals surface area (Å²) in [7, 11) is -36.1. The van der Waals surface area contributed by atoms with Crippen molar-refractivity contribution < 1.29 is 151 Å². The molecule has 2 aliphatic carbocycles. The van der Waals surface area contributed by atoms with Gasteiger partial charge in [-0.3, -0.25) is 9.59 Å². The molecule has 7 aromatic carbocycles. The summed E-state index contributed by atoms with van der Waals surface area (Å²) >= 11 is 0. The molecule has 0 radical (unpaired) electrons. The van der Waals surface area contributed by atoms with E-state index in [1.54, 1.807) is 58.9 Å². The number of phenolic OH excluding ortho intramolecular Hbond substituents is 2. The van der Waals surface area contributed by atoms with E-state index in [-0.39, 0.29) is 53.1 Å². The number of rotatable bonds is 34. The summed E-state index contributed by atoms with van der Waals surface area (Å²) in [5.74, 6) is -6.96. The highest BCUT2D eigenvalue weighted by Gasteiger charge is 2.81. The van der Waals surface area contributed by atoms with Gasteiger partial charge in [-0.15, -0.1) is 0 Å². The molecule has 7 aromatic rings. The van der Waals surface area contributed by atoms with Gasteiger partial charge in [-0.1, -0.05) is 166 Å². The van der Waals surface area contributed by atoms with Crippen LogP contribution in [0.5, 0.6) is 28.7 Å². The maximum Gasteiger partial charge on any atom is 0.480 e. The average Bonchev–Trinajstić information content (AvgIpc) is 0.722. The molecular formula is C89H113F13NO21S6-. The number of carbonyl (C=O) groups excluding carboxylic acids is 2. The minimum atomic E-state index is -7.58. The van der Waals surface area contributed by atoms with Crippen molar-refractivity contribution in [2.75, 3.05) is 6.61 Å². The van der Waals surface area contributed by atoms with Gasteiger partial charge in [-0.2, -0.15) is 73.9 Å². The first-order valence-electron chi connectivity index (χ1n) is 41.4. The van der Waals surface area contributed by atoms with Gasteiger partial charge in [0.25, 0.3) is 0 Å². The first-order valence-corrected chi connectivity index (χ1v) is 49.7. The predicted molar refractivity (Wildman–Crippen MR) is 466 cm³/mol. The molecule has 4 unspecified atom stereocenters. The van der Waals surface area contributed by atoms with Crippen molar-refractivity contribution in [1.29, 1.82) is 0 Å². The molecule has 0 amide bonds. The maximum atomic E-state index is 13.9. The minimum absolute atomic E-state index is 0.0330. The lowest BCUT2D eigenvalue weighted by Gasteiger charge is -2.36. The molecular weight excluding hydrogens is 1860 g/mol. The number of benzene rings is 7. The Balaban J connectivity index is 0.000000337. The summed E-state index contributed by atoms with van der Waals surface area (Å²) in [6, 6.07) is 51.9. The zero-order chi connectivity index (χ0) is 98.7. The minimum Gasteiger partial charge on any atom is -0.743 e. The molecule has 0 aromatic heterocycles. The van der Waals surface area contributed by atoms with E-state index in [2.05, 4.69) is 116 Å². The molecule has 0 heterocycles. The zero-order valence-corrected chi connectivity index (χ0v) is 79.1. The van der Waals surface area contributed by atoms with Crippen LogP contribution in [0.25, 0.3) is 4.13 Å². The van der Waals surface area contributed by atoms with Crippen molar-refractivity contribution >= 4 is 73.2 Å². The summed E-state index contributed by atoms with van der Waals surface area (Å²) in [4.78, 5) is 27.6. The van der Waals surface area contributed by atoms with Crippen LogP contribution in [-0.2, 0) is 91.5 Å². The van der Waals surface area contributed by atoms with Crippen molar-refractivity contribution in [2.45, 2.75) is 283 Å². The second kappa shape index (κ2) is 48.0. The number of sulfonamides is 2. The molecule has 130 heavy (non-hydrogen) atoms. The van der Waals surface area contributed by atoms with Crippen LogP contribution in [0.15, 0.2) is 197 Å². The average molecular weight is 1970 g/mol. The molecule has 41 heteroatoms. The molecule has 0 aliphatic heterocycles. The molecule has 2 N–H and O–H groups in total. The smallest absolute Gasteiger partial charge is 0.480 e. The summed E-state index contributed by atoms with van der Waals surface area (Å²) < 4.78 is 324. The number of esters is 2. The molecule has 728 valence electrons. The van der Waals surface area contributed by atoms with Crippen LogP contribution < -0.4 is 13.1 Å². The number of ether oxygens (including phenoxy) is 4. The third-order valence-electron chi connectivity index (χ3n) is 21.4. The van der Waals surface area contributed by atoms with Crippen molar-refractivity contribution in [3.05, 3.63) is 208 Å². The van der Waals surface area contributed by atoms with Crippen LogP contribution in [0.3, 0.4) is 0 Å². The van der Waals surface area contributed by atoms with Crippen LogP contribution >= 0.6 is 0 Å². The number of nitrogens with zero attached hydrogens (tertiary/aromatic N) is 1. The van der Waals surface area contributed by atoms with Crippen molar-refractivity contribution in [2.24, 2.45) is 10.8 Å². The van der Waals surface area contributed by atoms with Crippen molar-refractivity contribution in [3.8, 4) is 28.7 Å². The van der Waals surface area contributed by atoms with Gasteiger partial charge in [0.15, 0.2) is 51.1 Å². The molecule has 2 saturated carbocycles. The maximum absolute atomic E-state index is 13.9. The van der Waals surface area contributed by atoms with Gasteiger partial charge in [0, 0.05) is 6.42 Å². The monoisotopic (exact) mass is 1970 g/mol. The Labute approximate surface area is 756 Å². The number of hydrogen-bond acceptors (Lipinski definition) is 21. The molecule has 0 spiro atoms. The Morgan fingerprint density at radius 2 is 0.823 bits per heavy atom. The summed E-state index contributed by atoms with van der Waals surface area (Å²) in [6.45, 7) is 27.4. The molecule has 9 rings (SSSR count). The number of hydrogen-bond donors (Lipinski definition) is 2. The van der Waals surface area contributed by atoms with E-state index in [4.69, 9.17) is 24.1 Å². The first-order chi connectivity index (χ1) is 59.9. The number of phenols is 2. The predicted octanol–water partition coefficient (Wildman–Crippen LogP) is 23.3.